The van der Waals surface area contributed by atoms with Crippen LogP contribution in [0, 0.1) is 6.92 Å². The highest BCUT2D eigenvalue weighted by Gasteiger charge is 2.12. The average molecular weight is 297 g/mol. The van der Waals surface area contributed by atoms with Crippen LogP contribution in [0.2, 0.25) is 0 Å². The highest BCUT2D eigenvalue weighted by molar-refractivity contribution is 5.84. The fourth-order valence-electron chi connectivity index (χ4n) is 2.63. The molecule has 0 amide bonds. The number of aliphatic hydroxyl groups is 1. The number of ether oxygens (including phenoxy) is 1. The van der Waals surface area contributed by atoms with Gasteiger partial charge in [-0.2, -0.15) is 0 Å². The first-order valence-corrected chi connectivity index (χ1v) is 7.32. The Morgan fingerprint density at radius 3 is 2.68 bits per heavy atom. The minimum absolute atomic E-state index is 0.0252. The van der Waals surface area contributed by atoms with Gasteiger partial charge in [-0.05, 0) is 49.2 Å². The van der Waals surface area contributed by atoms with Crippen molar-refractivity contribution in [3.05, 3.63) is 46.8 Å². The van der Waals surface area contributed by atoms with Crippen molar-refractivity contribution in [1.82, 2.24) is 0 Å². The molecule has 114 valence electrons. The molecule has 1 N–H and O–H groups in total. The van der Waals surface area contributed by atoms with Crippen molar-refractivity contribution in [3.63, 3.8) is 0 Å². The maximum atomic E-state index is 9.41. The van der Waals surface area contributed by atoms with Gasteiger partial charge in [-0.3, -0.25) is 4.99 Å². The van der Waals surface area contributed by atoms with Crippen molar-refractivity contribution >= 4 is 11.0 Å². The topological polar surface area (TPSA) is 55.0 Å². The zero-order valence-electron chi connectivity index (χ0n) is 13.0. The molecule has 2 aliphatic rings. The Morgan fingerprint density at radius 1 is 1.18 bits per heavy atom. The molecule has 0 spiro atoms. The summed E-state index contributed by atoms with van der Waals surface area (Å²) in [5, 5.41) is 11.2. The van der Waals surface area contributed by atoms with E-state index < -0.39 is 0 Å². The van der Waals surface area contributed by atoms with E-state index in [-0.39, 0.29) is 6.61 Å². The third-order valence-electron chi connectivity index (χ3n) is 3.81. The standard InChI is InChI=1S/C18H19NO3/c1-4-19-15-9-17-13(8-18(15)21-3)6-12-7-14(10-20)11(2)5-16(12)22-17/h5-9,20H,4,10H2,1-3H3/b19-15+. The number of hydrogen-bond donors (Lipinski definition) is 1. The number of hydrogen-bond acceptors (Lipinski definition) is 4. The summed E-state index contributed by atoms with van der Waals surface area (Å²) in [6.07, 6.45) is 0. The summed E-state index contributed by atoms with van der Waals surface area (Å²) in [6.45, 7) is 4.67. The van der Waals surface area contributed by atoms with Crippen molar-refractivity contribution < 1.29 is 14.3 Å². The van der Waals surface area contributed by atoms with Gasteiger partial charge in [-0.1, -0.05) is 0 Å². The van der Waals surface area contributed by atoms with Gasteiger partial charge < -0.3 is 14.3 Å². The van der Waals surface area contributed by atoms with Gasteiger partial charge in [-0.25, -0.2) is 0 Å². The molecule has 0 aromatic heterocycles. The SMILES string of the molecule is CC/N=c1\cc2oc3cc(C)c(CO)cc3cc-2cc1OC. The Kier molecular flexibility index (Phi) is 3.86. The smallest absolute Gasteiger partial charge is 0.144 e. The molecule has 0 fully saturated rings. The van der Waals surface area contributed by atoms with Crippen LogP contribution >= 0.6 is 0 Å². The first kappa shape index (κ1) is 14.6. The van der Waals surface area contributed by atoms with E-state index in [0.717, 1.165) is 44.5 Å². The van der Waals surface area contributed by atoms with Gasteiger partial charge in [-0.15, -0.1) is 0 Å². The molecule has 0 unspecified atom stereocenters. The van der Waals surface area contributed by atoms with Gasteiger partial charge >= 0.3 is 0 Å². The zero-order chi connectivity index (χ0) is 15.7. The van der Waals surface area contributed by atoms with Crippen LogP contribution in [0.1, 0.15) is 18.1 Å². The van der Waals surface area contributed by atoms with Crippen LogP contribution < -0.4 is 10.1 Å². The first-order valence-electron chi connectivity index (χ1n) is 7.32. The van der Waals surface area contributed by atoms with Crippen LogP contribution in [0.4, 0.5) is 0 Å². The van der Waals surface area contributed by atoms with Crippen LogP contribution in [0.25, 0.3) is 22.3 Å². The molecule has 4 heteroatoms. The van der Waals surface area contributed by atoms with Gasteiger partial charge in [0.2, 0.25) is 0 Å². The van der Waals surface area contributed by atoms with Crippen LogP contribution in [-0.2, 0) is 6.61 Å². The van der Waals surface area contributed by atoms with E-state index in [9.17, 15) is 5.11 Å². The van der Waals surface area contributed by atoms with Crippen LogP contribution in [0.5, 0.6) is 5.75 Å². The number of fused-ring (bicyclic) bond motifs is 2. The fraction of sp³-hybridized carbons (Fsp3) is 0.278. The van der Waals surface area contributed by atoms with Gasteiger partial charge in [0.15, 0.2) is 0 Å². The normalized spacial score (nSPS) is 12.3. The molecule has 1 aliphatic carbocycles. The molecule has 0 bridgehead atoms. The predicted molar refractivity (Wildman–Crippen MR) is 86.2 cm³/mol. The van der Waals surface area contributed by atoms with Gasteiger partial charge in [0.1, 0.15) is 22.5 Å². The maximum absolute atomic E-state index is 9.41. The van der Waals surface area contributed by atoms with Crippen molar-refractivity contribution in [2.75, 3.05) is 13.7 Å². The number of aliphatic hydroxyl groups excluding tert-OH is 1. The van der Waals surface area contributed by atoms with E-state index in [2.05, 4.69) is 4.99 Å². The third kappa shape index (κ3) is 2.46. The first-order chi connectivity index (χ1) is 10.7. The second kappa shape index (κ2) is 5.81. The van der Waals surface area contributed by atoms with Gasteiger partial charge in [0.05, 0.1) is 13.7 Å². The average Bonchev–Trinajstić information content (AvgIpc) is 2.52. The van der Waals surface area contributed by atoms with E-state index in [4.69, 9.17) is 9.15 Å². The fourth-order valence-corrected chi connectivity index (χ4v) is 2.63. The summed E-state index contributed by atoms with van der Waals surface area (Å²) in [4.78, 5) is 4.43. The summed E-state index contributed by atoms with van der Waals surface area (Å²) >= 11 is 0. The minimum Gasteiger partial charge on any atom is -0.494 e. The largest absolute Gasteiger partial charge is 0.494 e. The lowest BCUT2D eigenvalue weighted by atomic mass is 10.0. The molecular weight excluding hydrogens is 278 g/mol. The van der Waals surface area contributed by atoms with E-state index in [0.29, 0.717) is 6.54 Å². The van der Waals surface area contributed by atoms with Crippen molar-refractivity contribution in [2.24, 2.45) is 4.99 Å². The second-order valence-corrected chi connectivity index (χ2v) is 5.26. The number of methoxy groups -OCH3 is 1. The second-order valence-electron chi connectivity index (χ2n) is 5.26. The number of aryl methyl sites for hydroxylation is 1. The van der Waals surface area contributed by atoms with Crippen LogP contribution in [0.3, 0.4) is 0 Å². The number of nitrogens with zero attached hydrogens (tertiary/aromatic N) is 1. The zero-order valence-corrected chi connectivity index (χ0v) is 13.0. The molecule has 0 radical (unpaired) electrons. The van der Waals surface area contributed by atoms with E-state index >= 15 is 0 Å². The lowest BCUT2D eigenvalue weighted by Crippen LogP contribution is -2.08. The Labute approximate surface area is 129 Å². The Balaban J connectivity index is 2.33. The molecule has 1 heterocycles. The number of rotatable bonds is 3. The Bertz CT molecular complexity index is 864. The van der Waals surface area contributed by atoms with Crippen molar-refractivity contribution in [2.45, 2.75) is 20.5 Å². The lowest BCUT2D eigenvalue weighted by molar-refractivity contribution is 0.281. The lowest BCUT2D eigenvalue weighted by Gasteiger charge is -2.11. The van der Waals surface area contributed by atoms with E-state index in [1.165, 1.54) is 0 Å². The summed E-state index contributed by atoms with van der Waals surface area (Å²) in [5.41, 5.74) is 3.68. The molecule has 22 heavy (non-hydrogen) atoms. The quantitative estimate of drug-likeness (QED) is 0.755. The van der Waals surface area contributed by atoms with Gasteiger partial charge in [0, 0.05) is 23.6 Å². The Morgan fingerprint density at radius 2 is 2.00 bits per heavy atom. The Hall–Kier alpha value is -2.33. The monoisotopic (exact) mass is 297 g/mol. The number of benzene rings is 2. The minimum atomic E-state index is 0.0252. The highest BCUT2D eigenvalue weighted by Crippen LogP contribution is 2.30. The highest BCUT2D eigenvalue weighted by atomic mass is 16.5. The molecule has 4 nitrogen and oxygen atoms in total. The van der Waals surface area contributed by atoms with Crippen LogP contribution in [0.15, 0.2) is 39.7 Å². The molecule has 1 aliphatic heterocycles. The summed E-state index contributed by atoms with van der Waals surface area (Å²) < 4.78 is 11.4. The van der Waals surface area contributed by atoms with E-state index in [1.807, 2.05) is 44.2 Å². The van der Waals surface area contributed by atoms with Crippen molar-refractivity contribution in [3.8, 4) is 17.1 Å². The molecular formula is C18H19NO3. The van der Waals surface area contributed by atoms with Gasteiger partial charge in [0.25, 0.3) is 0 Å². The molecule has 1 aromatic carbocycles. The summed E-state index contributed by atoms with van der Waals surface area (Å²) in [6, 6.07) is 9.81. The third-order valence-corrected chi connectivity index (χ3v) is 3.81. The molecule has 0 saturated carbocycles. The molecule has 0 saturated heterocycles. The van der Waals surface area contributed by atoms with Crippen LogP contribution in [-0.4, -0.2) is 18.8 Å². The van der Waals surface area contributed by atoms with Crippen molar-refractivity contribution in [1.29, 1.82) is 0 Å². The molecule has 1 aromatic rings. The summed E-state index contributed by atoms with van der Waals surface area (Å²) in [7, 11) is 1.64. The molecule has 0 atom stereocenters. The molecule has 3 rings (SSSR count). The summed E-state index contributed by atoms with van der Waals surface area (Å²) in [5.74, 6) is 1.51. The maximum Gasteiger partial charge on any atom is 0.144 e. The van der Waals surface area contributed by atoms with E-state index in [1.54, 1.807) is 7.11 Å². The predicted octanol–water partition coefficient (Wildman–Crippen LogP) is 3.27.